The number of nitrogens with one attached hydrogen (secondary N) is 1. The molecule has 3 rings (SSSR count). The van der Waals surface area contributed by atoms with E-state index in [4.69, 9.17) is 28.3 Å². The Morgan fingerprint density at radius 3 is 2.64 bits per heavy atom. The maximum absolute atomic E-state index is 10.9. The topological polar surface area (TPSA) is 75.1 Å². The predicted molar refractivity (Wildman–Crippen MR) is 86.2 cm³/mol. The van der Waals surface area contributed by atoms with Crippen LogP contribution in [0.5, 0.6) is 0 Å². The normalized spacial score (nSPS) is 10.6. The van der Waals surface area contributed by atoms with Crippen molar-refractivity contribution in [1.29, 1.82) is 0 Å². The van der Waals surface area contributed by atoms with Gasteiger partial charge in [0.25, 0.3) is 0 Å². The number of nitrogens with zero attached hydrogens (tertiary/aromatic N) is 2. The van der Waals surface area contributed by atoms with Gasteiger partial charge in [-0.2, -0.15) is 0 Å². The van der Waals surface area contributed by atoms with Crippen molar-refractivity contribution >= 4 is 51.6 Å². The van der Waals surface area contributed by atoms with Crippen LogP contribution in [0.4, 0.5) is 11.5 Å². The number of halogens is 2. The Kier molecular flexibility index (Phi) is 3.83. The third kappa shape index (κ3) is 2.81. The summed E-state index contributed by atoms with van der Waals surface area (Å²) in [5.41, 5.74) is 1.40. The lowest BCUT2D eigenvalue weighted by atomic mass is 10.2. The molecule has 0 saturated carbocycles. The van der Waals surface area contributed by atoms with E-state index >= 15 is 0 Å². The third-order valence-corrected chi connectivity index (χ3v) is 3.61. The van der Waals surface area contributed by atoms with Crippen LogP contribution in [-0.4, -0.2) is 21.0 Å². The highest BCUT2D eigenvalue weighted by molar-refractivity contribution is 6.34. The summed E-state index contributed by atoms with van der Waals surface area (Å²) in [7, 11) is 0. The smallest absolute Gasteiger partial charge is 0.335 e. The molecule has 0 radical (unpaired) electrons. The number of aromatic carboxylic acids is 1. The predicted octanol–water partition coefficient (Wildman–Crippen LogP) is 4.38. The van der Waals surface area contributed by atoms with E-state index in [1.165, 1.54) is 18.5 Å². The lowest BCUT2D eigenvalue weighted by molar-refractivity contribution is 0.0697. The summed E-state index contributed by atoms with van der Waals surface area (Å²) in [5.74, 6) is -0.495. The largest absolute Gasteiger partial charge is 0.478 e. The zero-order chi connectivity index (χ0) is 15.7. The first-order valence-electron chi connectivity index (χ1n) is 6.25. The molecular formula is C15H9Cl2N3O2. The number of carbonyl (C=O) groups is 1. The number of aromatic nitrogens is 2. The third-order valence-electron chi connectivity index (χ3n) is 3.07. The molecule has 0 fully saturated rings. The molecule has 0 atom stereocenters. The molecule has 0 unspecified atom stereocenters. The van der Waals surface area contributed by atoms with Crippen molar-refractivity contribution in [1.82, 2.24) is 9.97 Å². The fourth-order valence-corrected chi connectivity index (χ4v) is 2.41. The van der Waals surface area contributed by atoms with E-state index in [1.54, 1.807) is 24.3 Å². The molecule has 0 aliphatic carbocycles. The van der Waals surface area contributed by atoms with Crippen molar-refractivity contribution in [2.24, 2.45) is 0 Å². The van der Waals surface area contributed by atoms with E-state index < -0.39 is 5.97 Å². The Morgan fingerprint density at radius 2 is 1.91 bits per heavy atom. The Hall–Kier alpha value is -2.37. The molecule has 2 N–H and O–H groups in total. The van der Waals surface area contributed by atoms with Gasteiger partial charge in [0.15, 0.2) is 0 Å². The summed E-state index contributed by atoms with van der Waals surface area (Å²) in [6.07, 6.45) is 1.43. The van der Waals surface area contributed by atoms with E-state index in [2.05, 4.69) is 15.3 Å². The molecule has 22 heavy (non-hydrogen) atoms. The number of benzene rings is 2. The summed E-state index contributed by atoms with van der Waals surface area (Å²) in [5, 5.41) is 13.6. The van der Waals surface area contributed by atoms with Crippen LogP contribution in [0.15, 0.2) is 42.7 Å². The van der Waals surface area contributed by atoms with E-state index in [-0.39, 0.29) is 10.6 Å². The first-order valence-corrected chi connectivity index (χ1v) is 7.00. The van der Waals surface area contributed by atoms with Crippen LogP contribution in [0.25, 0.3) is 10.9 Å². The van der Waals surface area contributed by atoms with Crippen molar-refractivity contribution < 1.29 is 9.90 Å². The van der Waals surface area contributed by atoms with Crippen molar-refractivity contribution in [3.63, 3.8) is 0 Å². The molecule has 1 aromatic heterocycles. The van der Waals surface area contributed by atoms with Crippen LogP contribution in [0.3, 0.4) is 0 Å². The minimum Gasteiger partial charge on any atom is -0.478 e. The second kappa shape index (κ2) is 5.79. The molecule has 2 aromatic carbocycles. The molecule has 5 nitrogen and oxygen atoms in total. The first-order chi connectivity index (χ1) is 10.5. The quantitative estimate of drug-likeness (QED) is 0.743. The molecular weight excluding hydrogens is 325 g/mol. The van der Waals surface area contributed by atoms with Crippen molar-refractivity contribution in [3.05, 3.63) is 58.3 Å². The van der Waals surface area contributed by atoms with E-state index in [0.29, 0.717) is 16.5 Å². The SMILES string of the molecule is O=C(O)c1ccc(Nc2ncnc3ccc(Cl)cc23)c(Cl)c1. The van der Waals surface area contributed by atoms with E-state index in [1.807, 2.05) is 0 Å². The Morgan fingerprint density at radius 1 is 1.09 bits per heavy atom. The maximum atomic E-state index is 10.9. The van der Waals surface area contributed by atoms with E-state index in [0.717, 1.165) is 10.9 Å². The molecule has 0 amide bonds. The minimum absolute atomic E-state index is 0.117. The number of hydrogen-bond acceptors (Lipinski definition) is 4. The fourth-order valence-electron chi connectivity index (χ4n) is 2.01. The van der Waals surface area contributed by atoms with Gasteiger partial charge in [0.2, 0.25) is 0 Å². The number of rotatable bonds is 3. The van der Waals surface area contributed by atoms with Crippen molar-refractivity contribution in [2.75, 3.05) is 5.32 Å². The summed E-state index contributed by atoms with van der Waals surface area (Å²) in [4.78, 5) is 19.3. The number of carboxylic acid groups (broad SMARTS) is 1. The average Bonchev–Trinajstić information content (AvgIpc) is 2.49. The summed E-state index contributed by atoms with van der Waals surface area (Å²) in [6.45, 7) is 0. The van der Waals surface area contributed by atoms with Gasteiger partial charge in [-0.1, -0.05) is 23.2 Å². The van der Waals surface area contributed by atoms with Gasteiger partial charge in [0.05, 0.1) is 21.8 Å². The van der Waals surface area contributed by atoms with Gasteiger partial charge in [-0.25, -0.2) is 14.8 Å². The lowest BCUT2D eigenvalue weighted by Crippen LogP contribution is -1.99. The molecule has 110 valence electrons. The van der Waals surface area contributed by atoms with Crippen LogP contribution in [0, 0.1) is 0 Å². The molecule has 0 aliphatic rings. The summed E-state index contributed by atoms with van der Waals surface area (Å²) < 4.78 is 0. The molecule has 0 bridgehead atoms. The van der Waals surface area contributed by atoms with Gasteiger partial charge in [-0.15, -0.1) is 0 Å². The van der Waals surface area contributed by atoms with Crippen LogP contribution >= 0.6 is 23.2 Å². The van der Waals surface area contributed by atoms with Crippen molar-refractivity contribution in [2.45, 2.75) is 0 Å². The number of anilines is 2. The van der Waals surface area contributed by atoms with Gasteiger partial charge in [-0.05, 0) is 36.4 Å². The van der Waals surface area contributed by atoms with Crippen LogP contribution in [0.1, 0.15) is 10.4 Å². The zero-order valence-electron chi connectivity index (χ0n) is 11.0. The highest BCUT2D eigenvalue weighted by atomic mass is 35.5. The number of hydrogen-bond donors (Lipinski definition) is 2. The first kappa shape index (κ1) is 14.6. The molecule has 0 spiro atoms. The summed E-state index contributed by atoms with van der Waals surface area (Å²) in [6, 6.07) is 9.72. The van der Waals surface area contributed by atoms with E-state index in [9.17, 15) is 4.79 Å². The molecule has 7 heteroatoms. The monoisotopic (exact) mass is 333 g/mol. The van der Waals surface area contributed by atoms with Gasteiger partial charge in [-0.3, -0.25) is 0 Å². The second-order valence-corrected chi connectivity index (χ2v) is 5.35. The minimum atomic E-state index is -1.03. The highest BCUT2D eigenvalue weighted by Gasteiger charge is 2.10. The Bertz CT molecular complexity index is 884. The van der Waals surface area contributed by atoms with Crippen LogP contribution in [0.2, 0.25) is 10.0 Å². The lowest BCUT2D eigenvalue weighted by Gasteiger charge is -2.10. The zero-order valence-corrected chi connectivity index (χ0v) is 12.6. The fraction of sp³-hybridized carbons (Fsp3) is 0. The van der Waals surface area contributed by atoms with Gasteiger partial charge in [0, 0.05) is 10.4 Å². The molecule has 0 aliphatic heterocycles. The number of carboxylic acids is 1. The van der Waals surface area contributed by atoms with Gasteiger partial charge >= 0.3 is 5.97 Å². The molecule has 0 saturated heterocycles. The highest BCUT2D eigenvalue weighted by Crippen LogP contribution is 2.29. The average molecular weight is 334 g/mol. The van der Waals surface area contributed by atoms with Crippen LogP contribution in [-0.2, 0) is 0 Å². The van der Waals surface area contributed by atoms with Gasteiger partial charge < -0.3 is 10.4 Å². The maximum Gasteiger partial charge on any atom is 0.335 e. The molecule has 3 aromatic rings. The summed E-state index contributed by atoms with van der Waals surface area (Å²) >= 11 is 12.1. The molecule has 1 heterocycles. The second-order valence-electron chi connectivity index (χ2n) is 4.51. The standard InChI is InChI=1S/C15H9Cl2N3O2/c16-9-2-4-12-10(6-9)14(19-7-18-12)20-13-3-1-8(15(21)22)5-11(13)17/h1-7H,(H,21,22)(H,18,19,20). The Labute approximate surface area is 135 Å². The number of fused-ring (bicyclic) bond motifs is 1. The van der Waals surface area contributed by atoms with Crippen molar-refractivity contribution in [3.8, 4) is 0 Å². The Balaban J connectivity index is 2.03. The van der Waals surface area contributed by atoms with Crippen LogP contribution < -0.4 is 5.32 Å². The van der Waals surface area contributed by atoms with Gasteiger partial charge in [0.1, 0.15) is 12.1 Å².